The SMILES string of the molecule is CC(c1nc(C2CCCN2S(C)(=O)=O)no1)n1ccc(C(F)(F)F)n1. The van der Waals surface area contributed by atoms with Crippen LogP contribution in [0.2, 0.25) is 0 Å². The van der Waals surface area contributed by atoms with Crippen molar-refractivity contribution in [3.05, 3.63) is 29.7 Å². The molecular formula is C13H16F3N5O3S. The molecule has 0 spiro atoms. The summed E-state index contributed by atoms with van der Waals surface area (Å²) in [6.45, 7) is 1.93. The van der Waals surface area contributed by atoms with Crippen LogP contribution >= 0.6 is 0 Å². The van der Waals surface area contributed by atoms with Gasteiger partial charge in [0.1, 0.15) is 6.04 Å². The van der Waals surface area contributed by atoms with Crippen LogP contribution in [0.4, 0.5) is 13.2 Å². The predicted octanol–water partition coefficient (Wildman–Crippen LogP) is 1.99. The van der Waals surface area contributed by atoms with Gasteiger partial charge in [0.25, 0.3) is 5.89 Å². The Morgan fingerprint density at radius 2 is 2.12 bits per heavy atom. The normalized spacial score (nSPS) is 20.9. The molecule has 2 atom stereocenters. The number of halogens is 3. The van der Waals surface area contributed by atoms with E-state index < -0.39 is 34.0 Å². The van der Waals surface area contributed by atoms with Crippen LogP contribution < -0.4 is 0 Å². The van der Waals surface area contributed by atoms with Crippen molar-refractivity contribution in [3.63, 3.8) is 0 Å². The minimum Gasteiger partial charge on any atom is -0.337 e. The minimum absolute atomic E-state index is 0.0622. The molecule has 8 nitrogen and oxygen atoms in total. The Balaban J connectivity index is 1.82. The van der Waals surface area contributed by atoms with E-state index in [0.29, 0.717) is 19.4 Å². The fourth-order valence-corrected chi connectivity index (χ4v) is 3.89. The second-order valence-corrected chi connectivity index (χ2v) is 7.81. The van der Waals surface area contributed by atoms with Crippen molar-refractivity contribution < 1.29 is 26.1 Å². The molecule has 25 heavy (non-hydrogen) atoms. The van der Waals surface area contributed by atoms with Gasteiger partial charge < -0.3 is 4.52 Å². The molecule has 2 unspecified atom stereocenters. The summed E-state index contributed by atoms with van der Waals surface area (Å²) in [6.07, 6.45) is -1.02. The second-order valence-electron chi connectivity index (χ2n) is 5.88. The fourth-order valence-electron chi connectivity index (χ4n) is 2.77. The third kappa shape index (κ3) is 3.54. The quantitative estimate of drug-likeness (QED) is 0.806. The summed E-state index contributed by atoms with van der Waals surface area (Å²) in [5.41, 5.74) is -1.02. The molecule has 12 heteroatoms. The molecule has 1 aliphatic rings. The Bertz CT molecular complexity index is 860. The summed E-state index contributed by atoms with van der Waals surface area (Å²) in [5, 5.41) is 7.28. The van der Waals surface area contributed by atoms with Crippen LogP contribution in [0.15, 0.2) is 16.8 Å². The van der Waals surface area contributed by atoms with Crippen molar-refractivity contribution in [3.8, 4) is 0 Å². The summed E-state index contributed by atoms with van der Waals surface area (Å²) in [7, 11) is -3.41. The van der Waals surface area contributed by atoms with Crippen LogP contribution in [0.3, 0.4) is 0 Å². The molecule has 0 radical (unpaired) electrons. The highest BCUT2D eigenvalue weighted by Crippen LogP contribution is 2.33. The topological polar surface area (TPSA) is 94.1 Å². The van der Waals surface area contributed by atoms with Gasteiger partial charge in [-0.1, -0.05) is 5.16 Å². The second kappa shape index (κ2) is 6.09. The summed E-state index contributed by atoms with van der Waals surface area (Å²) >= 11 is 0. The van der Waals surface area contributed by atoms with E-state index in [-0.39, 0.29) is 11.7 Å². The Labute approximate surface area is 141 Å². The van der Waals surface area contributed by atoms with E-state index in [4.69, 9.17) is 4.52 Å². The number of rotatable bonds is 4. The number of sulfonamides is 1. The third-order valence-electron chi connectivity index (χ3n) is 4.04. The lowest BCUT2D eigenvalue weighted by Gasteiger charge is -2.18. The molecule has 0 N–H and O–H groups in total. The van der Waals surface area contributed by atoms with Crippen molar-refractivity contribution in [2.24, 2.45) is 0 Å². The average Bonchev–Trinajstić information content (AvgIpc) is 3.23. The highest BCUT2D eigenvalue weighted by Gasteiger charge is 2.37. The maximum Gasteiger partial charge on any atom is 0.435 e. The van der Waals surface area contributed by atoms with E-state index in [1.54, 1.807) is 6.92 Å². The maximum atomic E-state index is 12.6. The first-order valence-electron chi connectivity index (χ1n) is 7.50. The van der Waals surface area contributed by atoms with E-state index in [1.165, 1.54) is 10.5 Å². The van der Waals surface area contributed by atoms with Crippen molar-refractivity contribution in [2.45, 2.75) is 38.0 Å². The highest BCUT2D eigenvalue weighted by atomic mass is 32.2. The van der Waals surface area contributed by atoms with Gasteiger partial charge in [0, 0.05) is 12.7 Å². The van der Waals surface area contributed by atoms with E-state index in [2.05, 4.69) is 15.2 Å². The van der Waals surface area contributed by atoms with E-state index in [0.717, 1.165) is 17.0 Å². The molecular weight excluding hydrogens is 363 g/mol. The van der Waals surface area contributed by atoms with Crippen LogP contribution in [0.1, 0.15) is 49.3 Å². The van der Waals surface area contributed by atoms with Crippen LogP contribution in [0, 0.1) is 0 Å². The Morgan fingerprint density at radius 1 is 1.40 bits per heavy atom. The number of hydrogen-bond acceptors (Lipinski definition) is 6. The summed E-state index contributed by atoms with van der Waals surface area (Å²) in [4.78, 5) is 4.18. The standard InChI is InChI=1S/C13H16F3N5O3S/c1-8(20-7-5-10(18-20)13(14,15)16)12-17-11(19-24-12)9-4-3-6-21(9)25(2,22)23/h5,7-9H,3-4,6H2,1-2H3. The van der Waals surface area contributed by atoms with Crippen LogP contribution in [-0.4, -0.2) is 45.4 Å². The van der Waals surface area contributed by atoms with Gasteiger partial charge >= 0.3 is 6.18 Å². The first-order valence-corrected chi connectivity index (χ1v) is 9.35. The van der Waals surface area contributed by atoms with Crippen LogP contribution in [-0.2, 0) is 16.2 Å². The summed E-state index contributed by atoms with van der Waals surface area (Å²) in [5.74, 6) is 0.264. The zero-order valence-corrected chi connectivity index (χ0v) is 14.3. The van der Waals surface area contributed by atoms with Gasteiger partial charge in [-0.2, -0.15) is 27.6 Å². The smallest absolute Gasteiger partial charge is 0.337 e. The Kier molecular flexibility index (Phi) is 4.35. The molecule has 1 aliphatic heterocycles. The van der Waals surface area contributed by atoms with E-state index in [1.807, 2.05) is 0 Å². The maximum absolute atomic E-state index is 12.6. The molecule has 0 amide bonds. The summed E-state index contributed by atoms with van der Waals surface area (Å²) in [6, 6.07) is -0.385. The van der Waals surface area contributed by atoms with Crippen molar-refractivity contribution in [2.75, 3.05) is 12.8 Å². The van der Waals surface area contributed by atoms with Crippen molar-refractivity contribution in [1.29, 1.82) is 0 Å². The third-order valence-corrected chi connectivity index (χ3v) is 5.33. The zero-order chi connectivity index (χ0) is 18.4. The van der Waals surface area contributed by atoms with Crippen LogP contribution in [0.5, 0.6) is 0 Å². The number of hydrogen-bond donors (Lipinski definition) is 0. The predicted molar refractivity (Wildman–Crippen MR) is 78.9 cm³/mol. The highest BCUT2D eigenvalue weighted by molar-refractivity contribution is 7.88. The molecule has 2 aromatic heterocycles. The molecule has 2 aromatic rings. The number of nitrogens with zero attached hydrogens (tertiary/aromatic N) is 5. The Hall–Kier alpha value is -1.95. The lowest BCUT2D eigenvalue weighted by atomic mass is 10.2. The first kappa shape index (κ1) is 17.9. The molecule has 3 heterocycles. The van der Waals surface area contributed by atoms with Crippen molar-refractivity contribution in [1.82, 2.24) is 24.2 Å². The molecule has 0 aromatic carbocycles. The molecule has 0 bridgehead atoms. The van der Waals surface area contributed by atoms with Gasteiger partial charge in [0.2, 0.25) is 10.0 Å². The monoisotopic (exact) mass is 379 g/mol. The van der Waals surface area contributed by atoms with Crippen molar-refractivity contribution >= 4 is 10.0 Å². The Morgan fingerprint density at radius 3 is 2.72 bits per heavy atom. The van der Waals surface area contributed by atoms with E-state index in [9.17, 15) is 21.6 Å². The first-order chi connectivity index (χ1) is 11.6. The zero-order valence-electron chi connectivity index (χ0n) is 13.4. The average molecular weight is 379 g/mol. The van der Waals surface area contributed by atoms with Gasteiger partial charge in [-0.15, -0.1) is 0 Å². The van der Waals surface area contributed by atoms with Gasteiger partial charge in [0.05, 0.1) is 12.3 Å². The van der Waals surface area contributed by atoms with Gasteiger partial charge in [-0.3, -0.25) is 4.68 Å². The number of alkyl halides is 3. The molecule has 138 valence electrons. The molecule has 0 aliphatic carbocycles. The van der Waals surface area contributed by atoms with Gasteiger partial charge in [-0.25, -0.2) is 8.42 Å². The lowest BCUT2D eigenvalue weighted by molar-refractivity contribution is -0.141. The molecule has 1 fully saturated rings. The lowest BCUT2D eigenvalue weighted by Crippen LogP contribution is -2.30. The molecule has 3 rings (SSSR count). The van der Waals surface area contributed by atoms with Crippen LogP contribution in [0.25, 0.3) is 0 Å². The van der Waals surface area contributed by atoms with Gasteiger partial charge in [0.15, 0.2) is 11.5 Å². The molecule has 1 saturated heterocycles. The summed E-state index contributed by atoms with van der Waals surface area (Å²) < 4.78 is 69.0. The van der Waals surface area contributed by atoms with E-state index >= 15 is 0 Å². The van der Waals surface area contributed by atoms with Gasteiger partial charge in [-0.05, 0) is 25.8 Å². The molecule has 0 saturated carbocycles. The minimum atomic E-state index is -4.54. The number of aromatic nitrogens is 4. The fraction of sp³-hybridized carbons (Fsp3) is 0.615. The largest absolute Gasteiger partial charge is 0.435 e.